The molecular formula is C15H12BrN3O5. The first-order chi connectivity index (χ1) is 11.3. The predicted molar refractivity (Wildman–Crippen MR) is 89.7 cm³/mol. The van der Waals surface area contributed by atoms with E-state index in [4.69, 9.17) is 0 Å². The Hall–Kier alpha value is -2.81. The second-order valence-electron chi connectivity index (χ2n) is 5.00. The number of benzene rings is 2. The lowest BCUT2D eigenvalue weighted by Gasteiger charge is -2.18. The van der Waals surface area contributed by atoms with E-state index in [1.807, 2.05) is 24.3 Å². The van der Waals surface area contributed by atoms with Crippen molar-refractivity contribution in [3.05, 3.63) is 78.3 Å². The van der Waals surface area contributed by atoms with Crippen LogP contribution in [0.5, 0.6) is 0 Å². The van der Waals surface area contributed by atoms with Gasteiger partial charge >= 0.3 is 0 Å². The number of amides is 1. The summed E-state index contributed by atoms with van der Waals surface area (Å²) < 4.78 is 0.815. The van der Waals surface area contributed by atoms with Crippen LogP contribution in [0.25, 0.3) is 0 Å². The summed E-state index contributed by atoms with van der Waals surface area (Å²) in [4.78, 5) is 34.1. The van der Waals surface area contributed by atoms with Crippen molar-refractivity contribution >= 4 is 33.2 Å². The van der Waals surface area contributed by atoms with Crippen LogP contribution < -0.4 is 0 Å². The van der Waals surface area contributed by atoms with Gasteiger partial charge in [0.15, 0.2) is 0 Å². The molecule has 0 atom stereocenters. The molecule has 0 N–H and O–H groups in total. The summed E-state index contributed by atoms with van der Waals surface area (Å²) in [6.07, 6.45) is 0. The smallest absolute Gasteiger partial charge is 0.277 e. The van der Waals surface area contributed by atoms with Crippen molar-refractivity contribution in [3.63, 3.8) is 0 Å². The van der Waals surface area contributed by atoms with Crippen molar-refractivity contribution in [2.75, 3.05) is 7.05 Å². The zero-order valence-corrected chi connectivity index (χ0v) is 14.1. The topological polar surface area (TPSA) is 107 Å². The fourth-order valence-electron chi connectivity index (χ4n) is 2.10. The molecule has 0 radical (unpaired) electrons. The number of nitro benzene ring substituents is 2. The molecule has 0 aliphatic heterocycles. The molecule has 0 heterocycles. The lowest BCUT2D eigenvalue weighted by atomic mass is 10.1. The van der Waals surface area contributed by atoms with Gasteiger partial charge in [0.05, 0.1) is 21.5 Å². The van der Waals surface area contributed by atoms with Gasteiger partial charge in [-0.15, -0.1) is 0 Å². The summed E-state index contributed by atoms with van der Waals surface area (Å²) in [7, 11) is 1.52. The Morgan fingerprint density at radius 1 is 1.08 bits per heavy atom. The molecule has 8 nitrogen and oxygen atoms in total. The Balaban J connectivity index is 2.33. The summed E-state index contributed by atoms with van der Waals surface area (Å²) in [6, 6.07) is 10.2. The highest BCUT2D eigenvalue weighted by Crippen LogP contribution is 2.24. The first-order valence-electron chi connectivity index (χ1n) is 6.72. The summed E-state index contributed by atoms with van der Waals surface area (Å²) in [5.41, 5.74) is -0.262. The van der Waals surface area contributed by atoms with Crippen LogP contribution in [0, 0.1) is 20.2 Å². The lowest BCUT2D eigenvalue weighted by Crippen LogP contribution is -2.26. The molecule has 9 heteroatoms. The van der Waals surface area contributed by atoms with Crippen LogP contribution in [0.15, 0.2) is 46.9 Å². The van der Waals surface area contributed by atoms with Crippen LogP contribution in [-0.4, -0.2) is 27.7 Å². The first kappa shape index (κ1) is 17.5. The van der Waals surface area contributed by atoms with E-state index in [0.717, 1.165) is 28.2 Å². The molecule has 0 aromatic heterocycles. The monoisotopic (exact) mass is 393 g/mol. The van der Waals surface area contributed by atoms with Gasteiger partial charge in [0.25, 0.3) is 17.3 Å². The molecule has 2 rings (SSSR count). The highest BCUT2D eigenvalue weighted by atomic mass is 79.9. The van der Waals surface area contributed by atoms with Gasteiger partial charge in [-0.1, -0.05) is 34.1 Å². The van der Waals surface area contributed by atoms with Crippen LogP contribution in [0.4, 0.5) is 11.4 Å². The molecule has 0 aliphatic carbocycles. The maximum absolute atomic E-state index is 12.5. The highest BCUT2D eigenvalue weighted by Gasteiger charge is 2.22. The number of carbonyl (C=O) groups is 1. The van der Waals surface area contributed by atoms with E-state index in [0.29, 0.717) is 0 Å². The molecular weight excluding hydrogens is 382 g/mol. The molecule has 1 amide bonds. The Morgan fingerprint density at radius 2 is 1.62 bits per heavy atom. The van der Waals surface area contributed by atoms with Gasteiger partial charge in [-0.25, -0.2) is 0 Å². The molecule has 0 unspecified atom stereocenters. The second-order valence-corrected chi connectivity index (χ2v) is 5.86. The van der Waals surface area contributed by atoms with Crippen molar-refractivity contribution in [2.24, 2.45) is 0 Å². The predicted octanol–water partition coefficient (Wildman–Crippen LogP) is 3.54. The number of nitrogens with zero attached hydrogens (tertiary/aromatic N) is 3. The molecule has 0 spiro atoms. The third-order valence-corrected chi connectivity index (χ3v) is 4.06. The minimum Gasteiger partial charge on any atom is -0.337 e. The van der Waals surface area contributed by atoms with E-state index in [1.54, 1.807) is 0 Å². The minimum absolute atomic E-state index is 0.106. The minimum atomic E-state index is -0.766. The van der Waals surface area contributed by atoms with Gasteiger partial charge in [0.1, 0.15) is 0 Å². The fraction of sp³-hybridized carbons (Fsp3) is 0.133. The molecule has 0 fully saturated rings. The van der Waals surface area contributed by atoms with Gasteiger partial charge in [0.2, 0.25) is 0 Å². The molecule has 0 saturated heterocycles. The Labute approximate surface area is 145 Å². The summed E-state index contributed by atoms with van der Waals surface area (Å²) in [5, 5.41) is 21.8. The number of non-ortho nitro benzene ring substituents is 2. The van der Waals surface area contributed by atoms with Gasteiger partial charge in [-0.05, 0) is 11.6 Å². The maximum atomic E-state index is 12.5. The summed E-state index contributed by atoms with van der Waals surface area (Å²) in [6.45, 7) is 0.247. The number of hydrogen-bond donors (Lipinski definition) is 0. The molecule has 2 aromatic rings. The Bertz CT molecular complexity index is 792. The van der Waals surface area contributed by atoms with E-state index in [1.165, 1.54) is 11.9 Å². The largest absolute Gasteiger partial charge is 0.337 e. The summed E-state index contributed by atoms with van der Waals surface area (Å²) >= 11 is 3.37. The molecule has 0 aliphatic rings. The van der Waals surface area contributed by atoms with Gasteiger partial charge in [-0.2, -0.15) is 0 Å². The lowest BCUT2D eigenvalue weighted by molar-refractivity contribution is -0.394. The third kappa shape index (κ3) is 3.93. The van der Waals surface area contributed by atoms with Crippen molar-refractivity contribution in [2.45, 2.75) is 6.54 Å². The number of halogens is 1. The van der Waals surface area contributed by atoms with Crippen molar-refractivity contribution in [1.82, 2.24) is 4.90 Å². The van der Waals surface area contributed by atoms with Crippen LogP contribution in [0.2, 0.25) is 0 Å². The van der Waals surface area contributed by atoms with E-state index < -0.39 is 27.1 Å². The number of nitro groups is 2. The highest BCUT2D eigenvalue weighted by molar-refractivity contribution is 9.10. The zero-order chi connectivity index (χ0) is 17.9. The van der Waals surface area contributed by atoms with Crippen LogP contribution >= 0.6 is 15.9 Å². The molecule has 0 bridgehead atoms. The van der Waals surface area contributed by atoms with Crippen LogP contribution in [0.1, 0.15) is 15.9 Å². The molecule has 0 saturated carbocycles. The number of hydrogen-bond acceptors (Lipinski definition) is 5. The average Bonchev–Trinajstić information content (AvgIpc) is 2.55. The van der Waals surface area contributed by atoms with E-state index >= 15 is 0 Å². The standard InChI is InChI=1S/C15H12BrN3O5/c1-17(9-10-4-2-3-5-14(10)16)15(20)11-6-12(18(21)22)8-13(7-11)19(23)24/h2-8H,9H2,1H3. The molecule has 24 heavy (non-hydrogen) atoms. The first-order valence-corrected chi connectivity index (χ1v) is 7.51. The van der Waals surface area contributed by atoms with Crippen molar-refractivity contribution in [1.29, 1.82) is 0 Å². The quantitative estimate of drug-likeness (QED) is 0.570. The van der Waals surface area contributed by atoms with E-state index in [2.05, 4.69) is 15.9 Å². The zero-order valence-electron chi connectivity index (χ0n) is 12.5. The van der Waals surface area contributed by atoms with Gasteiger partial charge in [-0.3, -0.25) is 25.0 Å². The third-order valence-electron chi connectivity index (χ3n) is 3.28. The van der Waals surface area contributed by atoms with Crippen LogP contribution in [0.3, 0.4) is 0 Å². The maximum Gasteiger partial charge on any atom is 0.277 e. The van der Waals surface area contributed by atoms with E-state index in [9.17, 15) is 25.0 Å². The Morgan fingerprint density at radius 3 is 2.12 bits per heavy atom. The summed E-state index contributed by atoms with van der Waals surface area (Å²) in [5.74, 6) is -0.544. The van der Waals surface area contributed by atoms with Gasteiger partial charge < -0.3 is 4.90 Å². The second kappa shape index (κ2) is 7.18. The normalized spacial score (nSPS) is 10.2. The van der Waals surface area contributed by atoms with Crippen molar-refractivity contribution in [3.8, 4) is 0 Å². The van der Waals surface area contributed by atoms with Crippen LogP contribution in [-0.2, 0) is 6.54 Å². The fourth-order valence-corrected chi connectivity index (χ4v) is 2.51. The SMILES string of the molecule is CN(Cc1ccccc1Br)C(=O)c1cc([N+](=O)[O-])cc([N+](=O)[O-])c1. The number of rotatable bonds is 5. The average molecular weight is 394 g/mol. The number of carbonyl (C=O) groups excluding carboxylic acids is 1. The van der Waals surface area contributed by atoms with E-state index in [-0.39, 0.29) is 12.1 Å². The molecule has 2 aromatic carbocycles. The van der Waals surface area contributed by atoms with Crippen molar-refractivity contribution < 1.29 is 14.6 Å². The molecule has 124 valence electrons. The van der Waals surface area contributed by atoms with Gasteiger partial charge in [0, 0.05) is 30.2 Å². The Kier molecular flexibility index (Phi) is 5.24.